The third-order valence-corrected chi connectivity index (χ3v) is 4.26. The van der Waals surface area contributed by atoms with Crippen molar-refractivity contribution in [3.63, 3.8) is 0 Å². The number of aryl methyl sites for hydroxylation is 1. The molecule has 2 rings (SSSR count). The zero-order valence-electron chi connectivity index (χ0n) is 11.4. The second kappa shape index (κ2) is 5.97. The smallest absolute Gasteiger partial charge is 0.307 e. The molecule has 5 nitrogen and oxygen atoms in total. The van der Waals surface area contributed by atoms with Gasteiger partial charge in [-0.15, -0.1) is 0 Å². The average molecular weight is 305 g/mol. The molecule has 110 valence electrons. The fraction of sp³-hybridized carbons (Fsp3) is 0.133. The molecule has 0 heterocycles. The lowest BCUT2D eigenvalue weighted by atomic mass is 10.1. The minimum Gasteiger partial charge on any atom is -0.481 e. The van der Waals surface area contributed by atoms with E-state index in [2.05, 4.69) is 4.72 Å². The Morgan fingerprint density at radius 1 is 1.14 bits per heavy atom. The van der Waals surface area contributed by atoms with E-state index in [-0.39, 0.29) is 11.3 Å². The van der Waals surface area contributed by atoms with Crippen LogP contribution in [0.2, 0.25) is 0 Å². The van der Waals surface area contributed by atoms with Crippen LogP contribution in [0.3, 0.4) is 0 Å². The van der Waals surface area contributed by atoms with E-state index in [1.807, 2.05) is 6.92 Å². The van der Waals surface area contributed by atoms with Crippen LogP contribution in [0.15, 0.2) is 53.4 Å². The summed E-state index contributed by atoms with van der Waals surface area (Å²) in [6.45, 7) is 1.87. The molecule has 2 aromatic carbocycles. The number of benzene rings is 2. The van der Waals surface area contributed by atoms with Crippen molar-refractivity contribution in [3.8, 4) is 0 Å². The first kappa shape index (κ1) is 15.1. The summed E-state index contributed by atoms with van der Waals surface area (Å²) >= 11 is 0. The average Bonchev–Trinajstić information content (AvgIpc) is 2.38. The van der Waals surface area contributed by atoms with Crippen LogP contribution in [-0.4, -0.2) is 19.5 Å². The Morgan fingerprint density at radius 3 is 2.43 bits per heavy atom. The number of hydrogen-bond donors (Lipinski definition) is 2. The molecule has 0 spiro atoms. The summed E-state index contributed by atoms with van der Waals surface area (Å²) in [7, 11) is -3.67. The van der Waals surface area contributed by atoms with Crippen molar-refractivity contribution >= 4 is 21.7 Å². The largest absolute Gasteiger partial charge is 0.481 e. The van der Waals surface area contributed by atoms with Crippen LogP contribution in [0.4, 0.5) is 5.69 Å². The molecule has 0 amide bonds. The molecule has 0 radical (unpaired) electrons. The molecule has 21 heavy (non-hydrogen) atoms. The van der Waals surface area contributed by atoms with Gasteiger partial charge in [0.2, 0.25) is 0 Å². The summed E-state index contributed by atoms with van der Waals surface area (Å²) in [6.07, 6.45) is -0.153. The predicted octanol–water partition coefficient (Wildman–Crippen LogP) is 2.42. The van der Waals surface area contributed by atoms with Crippen LogP contribution >= 0.6 is 0 Å². The highest BCUT2D eigenvalue weighted by Gasteiger charge is 2.14. The van der Waals surface area contributed by atoms with Gasteiger partial charge < -0.3 is 5.11 Å². The van der Waals surface area contributed by atoms with Crippen molar-refractivity contribution in [1.82, 2.24) is 0 Å². The first-order valence-electron chi connectivity index (χ1n) is 6.27. The molecule has 0 saturated carbocycles. The van der Waals surface area contributed by atoms with Gasteiger partial charge in [0.1, 0.15) is 0 Å². The Balaban J connectivity index is 2.24. The Hall–Kier alpha value is -2.34. The number of sulfonamides is 1. The molecule has 0 unspecified atom stereocenters. The van der Waals surface area contributed by atoms with Crippen LogP contribution in [0.5, 0.6) is 0 Å². The van der Waals surface area contributed by atoms with Gasteiger partial charge in [0.05, 0.1) is 11.3 Å². The maximum absolute atomic E-state index is 12.2. The summed E-state index contributed by atoms with van der Waals surface area (Å²) in [4.78, 5) is 10.8. The maximum Gasteiger partial charge on any atom is 0.307 e. The molecule has 6 heteroatoms. The molecular formula is C15H15NO4S. The highest BCUT2D eigenvalue weighted by molar-refractivity contribution is 7.92. The summed E-state index contributed by atoms with van der Waals surface area (Å²) in [6, 6.07) is 12.8. The van der Waals surface area contributed by atoms with Gasteiger partial charge >= 0.3 is 5.97 Å². The summed E-state index contributed by atoms with van der Waals surface area (Å²) in [5, 5.41) is 8.76. The van der Waals surface area contributed by atoms with Gasteiger partial charge in [-0.2, -0.15) is 0 Å². The number of nitrogens with one attached hydrogen (secondary N) is 1. The topological polar surface area (TPSA) is 83.5 Å². The van der Waals surface area contributed by atoms with Crippen molar-refractivity contribution in [2.45, 2.75) is 18.2 Å². The standard InChI is InChI=1S/C15H15NO4S/c1-11-5-7-14(8-6-11)21(19,20)16-13-4-2-3-12(9-13)10-15(17)18/h2-9,16H,10H2,1H3,(H,17,18). The van der Waals surface area contributed by atoms with Crippen LogP contribution in [0.25, 0.3) is 0 Å². The normalized spacial score (nSPS) is 11.1. The molecule has 2 aromatic rings. The molecule has 0 bridgehead atoms. The highest BCUT2D eigenvalue weighted by atomic mass is 32.2. The van der Waals surface area contributed by atoms with E-state index in [4.69, 9.17) is 5.11 Å². The van der Waals surface area contributed by atoms with Crippen LogP contribution < -0.4 is 4.72 Å². The third kappa shape index (κ3) is 4.06. The number of rotatable bonds is 5. The fourth-order valence-corrected chi connectivity index (χ4v) is 2.90. The second-order valence-electron chi connectivity index (χ2n) is 4.69. The Labute approximate surface area is 123 Å². The summed E-state index contributed by atoms with van der Waals surface area (Å²) in [5.41, 5.74) is 1.85. The number of hydrogen-bond acceptors (Lipinski definition) is 3. The zero-order valence-corrected chi connectivity index (χ0v) is 12.2. The molecule has 0 fully saturated rings. The Kier molecular flexibility index (Phi) is 4.28. The van der Waals surface area contributed by atoms with E-state index in [9.17, 15) is 13.2 Å². The number of aliphatic carboxylic acids is 1. The van der Waals surface area contributed by atoms with E-state index in [1.165, 1.54) is 18.2 Å². The summed E-state index contributed by atoms with van der Waals surface area (Å²) < 4.78 is 26.9. The van der Waals surface area contributed by atoms with Gasteiger partial charge in [0.25, 0.3) is 10.0 Å². The lowest BCUT2D eigenvalue weighted by molar-refractivity contribution is -0.136. The van der Waals surface area contributed by atoms with E-state index < -0.39 is 16.0 Å². The second-order valence-corrected chi connectivity index (χ2v) is 6.37. The molecule has 0 aliphatic rings. The predicted molar refractivity (Wildman–Crippen MR) is 79.8 cm³/mol. The first-order chi connectivity index (χ1) is 9.87. The lowest BCUT2D eigenvalue weighted by Gasteiger charge is -2.09. The van der Waals surface area contributed by atoms with Gasteiger partial charge in [0.15, 0.2) is 0 Å². The number of carbonyl (C=O) groups is 1. The van der Waals surface area contributed by atoms with Crippen molar-refractivity contribution < 1.29 is 18.3 Å². The van der Waals surface area contributed by atoms with Crippen molar-refractivity contribution in [2.75, 3.05) is 4.72 Å². The summed E-state index contributed by atoms with van der Waals surface area (Å²) in [5.74, 6) is -0.964. The first-order valence-corrected chi connectivity index (χ1v) is 7.75. The molecule has 2 N–H and O–H groups in total. The lowest BCUT2D eigenvalue weighted by Crippen LogP contribution is -2.13. The number of anilines is 1. The Morgan fingerprint density at radius 2 is 1.81 bits per heavy atom. The number of carboxylic acid groups (broad SMARTS) is 1. The van der Waals surface area contributed by atoms with Crippen molar-refractivity contribution in [1.29, 1.82) is 0 Å². The van der Waals surface area contributed by atoms with Gasteiger partial charge in [-0.3, -0.25) is 9.52 Å². The maximum atomic E-state index is 12.2. The van der Waals surface area contributed by atoms with Crippen LogP contribution in [0.1, 0.15) is 11.1 Å². The van der Waals surface area contributed by atoms with E-state index >= 15 is 0 Å². The molecular weight excluding hydrogens is 290 g/mol. The third-order valence-electron chi connectivity index (χ3n) is 2.87. The Bertz CT molecular complexity index is 751. The quantitative estimate of drug-likeness (QED) is 0.888. The van der Waals surface area contributed by atoms with Gasteiger partial charge in [-0.25, -0.2) is 8.42 Å². The fourth-order valence-electron chi connectivity index (χ4n) is 1.85. The molecule has 0 aromatic heterocycles. The van der Waals surface area contributed by atoms with E-state index in [0.29, 0.717) is 11.3 Å². The molecule has 0 saturated heterocycles. The molecule has 0 aliphatic carbocycles. The zero-order chi connectivity index (χ0) is 15.5. The molecule has 0 atom stereocenters. The van der Waals surface area contributed by atoms with Crippen molar-refractivity contribution in [3.05, 3.63) is 59.7 Å². The van der Waals surface area contributed by atoms with Crippen molar-refractivity contribution in [2.24, 2.45) is 0 Å². The highest BCUT2D eigenvalue weighted by Crippen LogP contribution is 2.18. The van der Waals surface area contributed by atoms with Gasteiger partial charge in [0, 0.05) is 5.69 Å². The van der Waals surface area contributed by atoms with Crippen LogP contribution in [0, 0.1) is 6.92 Å². The van der Waals surface area contributed by atoms with Gasteiger partial charge in [-0.1, -0.05) is 29.8 Å². The molecule has 0 aliphatic heterocycles. The van der Waals surface area contributed by atoms with Crippen LogP contribution in [-0.2, 0) is 21.2 Å². The number of carboxylic acids is 1. The minimum absolute atomic E-state index is 0.153. The van der Waals surface area contributed by atoms with E-state index in [1.54, 1.807) is 30.3 Å². The minimum atomic E-state index is -3.67. The SMILES string of the molecule is Cc1ccc(S(=O)(=O)Nc2cccc(CC(=O)O)c2)cc1. The monoisotopic (exact) mass is 305 g/mol. The van der Waals surface area contributed by atoms with Gasteiger partial charge in [-0.05, 0) is 36.8 Å². The van der Waals surface area contributed by atoms with E-state index in [0.717, 1.165) is 5.56 Å².